The molecular weight excluding hydrogens is 434 g/mol. The van der Waals surface area contributed by atoms with Gasteiger partial charge in [-0.2, -0.15) is 0 Å². The number of sulfonamides is 1. The van der Waals surface area contributed by atoms with E-state index in [4.69, 9.17) is 0 Å². The van der Waals surface area contributed by atoms with Crippen LogP contribution in [0, 0.1) is 6.92 Å². The number of nitrogens with zero attached hydrogens (tertiary/aromatic N) is 4. The standard InChI is InChI=1S/C21H25N5O3S2/c1-5-22-19(27)14-30-21-24-23-20(26(21)17-10-6-8-15(2)12-17)16-9-7-11-18(13-16)31(28,29)25(3)4/h6-13H,5,14H2,1-4H3,(H,22,27). The first-order valence-corrected chi connectivity index (χ1v) is 12.1. The Bertz CT molecular complexity index is 1190. The minimum Gasteiger partial charge on any atom is -0.356 e. The highest BCUT2D eigenvalue weighted by Gasteiger charge is 2.21. The van der Waals surface area contributed by atoms with Gasteiger partial charge in [0.15, 0.2) is 11.0 Å². The van der Waals surface area contributed by atoms with E-state index in [0.717, 1.165) is 11.3 Å². The third-order valence-electron chi connectivity index (χ3n) is 4.47. The normalized spacial score (nSPS) is 11.6. The van der Waals surface area contributed by atoms with Crippen LogP contribution in [0.1, 0.15) is 12.5 Å². The number of benzene rings is 2. The topological polar surface area (TPSA) is 97.2 Å². The lowest BCUT2D eigenvalue weighted by molar-refractivity contribution is -0.118. The van der Waals surface area contributed by atoms with Crippen LogP contribution in [0.2, 0.25) is 0 Å². The van der Waals surface area contributed by atoms with Crippen molar-refractivity contribution in [1.82, 2.24) is 24.4 Å². The number of amides is 1. The van der Waals surface area contributed by atoms with Crippen molar-refractivity contribution in [1.29, 1.82) is 0 Å². The van der Waals surface area contributed by atoms with E-state index in [-0.39, 0.29) is 16.6 Å². The first-order valence-electron chi connectivity index (χ1n) is 9.69. The van der Waals surface area contributed by atoms with Gasteiger partial charge in [0.25, 0.3) is 0 Å². The lowest BCUT2D eigenvalue weighted by Gasteiger charge is -2.14. The lowest BCUT2D eigenvalue weighted by atomic mass is 10.2. The van der Waals surface area contributed by atoms with Crippen LogP contribution in [-0.2, 0) is 14.8 Å². The molecule has 0 aliphatic rings. The van der Waals surface area contributed by atoms with E-state index in [0.29, 0.717) is 23.1 Å². The van der Waals surface area contributed by atoms with Gasteiger partial charge in [-0.15, -0.1) is 10.2 Å². The SMILES string of the molecule is CCNC(=O)CSc1nnc(-c2cccc(S(=O)(=O)N(C)C)c2)n1-c1cccc(C)c1. The summed E-state index contributed by atoms with van der Waals surface area (Å²) in [6.07, 6.45) is 0. The van der Waals surface area contributed by atoms with E-state index in [1.807, 2.05) is 42.7 Å². The third kappa shape index (κ3) is 5.15. The Kier molecular flexibility index (Phi) is 7.14. The Morgan fingerprint density at radius 1 is 1.13 bits per heavy atom. The molecule has 0 aliphatic carbocycles. The van der Waals surface area contributed by atoms with Gasteiger partial charge in [0.2, 0.25) is 15.9 Å². The Morgan fingerprint density at radius 2 is 1.87 bits per heavy atom. The molecule has 2 aromatic carbocycles. The molecule has 164 valence electrons. The second kappa shape index (κ2) is 9.63. The van der Waals surface area contributed by atoms with Crippen LogP contribution < -0.4 is 5.32 Å². The maximum Gasteiger partial charge on any atom is 0.242 e. The predicted molar refractivity (Wildman–Crippen MR) is 122 cm³/mol. The zero-order valence-corrected chi connectivity index (χ0v) is 19.5. The first-order chi connectivity index (χ1) is 14.7. The van der Waals surface area contributed by atoms with Crippen molar-refractivity contribution in [3.05, 3.63) is 54.1 Å². The number of aromatic nitrogens is 3. The fourth-order valence-corrected chi connectivity index (χ4v) is 4.66. The molecule has 1 amide bonds. The fourth-order valence-electron chi connectivity index (χ4n) is 2.93. The average molecular weight is 460 g/mol. The summed E-state index contributed by atoms with van der Waals surface area (Å²) in [5, 5.41) is 11.9. The van der Waals surface area contributed by atoms with Crippen molar-refractivity contribution in [3.8, 4) is 17.1 Å². The minimum atomic E-state index is -3.59. The molecule has 0 bridgehead atoms. The molecule has 0 saturated heterocycles. The monoisotopic (exact) mass is 459 g/mol. The Morgan fingerprint density at radius 3 is 2.55 bits per heavy atom. The van der Waals surface area contributed by atoms with Gasteiger partial charge in [0, 0.05) is 31.9 Å². The molecule has 31 heavy (non-hydrogen) atoms. The van der Waals surface area contributed by atoms with Gasteiger partial charge in [-0.1, -0.05) is 36.0 Å². The maximum absolute atomic E-state index is 12.6. The molecule has 0 atom stereocenters. The van der Waals surface area contributed by atoms with E-state index < -0.39 is 10.0 Å². The summed E-state index contributed by atoms with van der Waals surface area (Å²) >= 11 is 1.28. The highest BCUT2D eigenvalue weighted by Crippen LogP contribution is 2.29. The van der Waals surface area contributed by atoms with Crippen LogP contribution in [0.3, 0.4) is 0 Å². The lowest BCUT2D eigenvalue weighted by Crippen LogP contribution is -2.24. The minimum absolute atomic E-state index is 0.0908. The highest BCUT2D eigenvalue weighted by atomic mass is 32.2. The van der Waals surface area contributed by atoms with Crippen LogP contribution in [0.4, 0.5) is 0 Å². The zero-order valence-electron chi connectivity index (χ0n) is 17.9. The van der Waals surface area contributed by atoms with Crippen LogP contribution in [0.15, 0.2) is 58.6 Å². The molecule has 3 rings (SSSR count). The quantitative estimate of drug-likeness (QED) is 0.520. The molecule has 0 spiro atoms. The molecule has 3 aromatic rings. The van der Waals surface area contributed by atoms with Gasteiger partial charge >= 0.3 is 0 Å². The van der Waals surface area contributed by atoms with Crippen LogP contribution >= 0.6 is 11.8 Å². The number of carbonyl (C=O) groups excluding carboxylic acids is 1. The van der Waals surface area contributed by atoms with E-state index in [9.17, 15) is 13.2 Å². The van der Waals surface area contributed by atoms with Gasteiger partial charge < -0.3 is 5.32 Å². The Balaban J connectivity index is 2.10. The molecule has 0 unspecified atom stereocenters. The molecular formula is C21H25N5O3S2. The summed E-state index contributed by atoms with van der Waals surface area (Å²) in [6, 6.07) is 14.4. The number of thioether (sulfide) groups is 1. The van der Waals surface area contributed by atoms with Crippen LogP contribution in [-0.4, -0.2) is 59.8 Å². The molecule has 0 aliphatic heterocycles. The predicted octanol–water partition coefficient (Wildman–Crippen LogP) is 2.72. The number of rotatable bonds is 8. The third-order valence-corrected chi connectivity index (χ3v) is 7.21. The van der Waals surface area contributed by atoms with Crippen LogP contribution in [0.5, 0.6) is 0 Å². The summed E-state index contributed by atoms with van der Waals surface area (Å²) in [4.78, 5) is 12.1. The molecule has 0 saturated carbocycles. The number of aryl methyl sites for hydroxylation is 1. The van der Waals surface area contributed by atoms with Gasteiger partial charge in [0.1, 0.15) is 0 Å². The maximum atomic E-state index is 12.6. The average Bonchev–Trinajstić information content (AvgIpc) is 3.16. The van der Waals surface area contributed by atoms with E-state index >= 15 is 0 Å². The van der Waals surface area contributed by atoms with Crippen molar-refractivity contribution in [2.24, 2.45) is 0 Å². The van der Waals surface area contributed by atoms with Gasteiger partial charge in [-0.05, 0) is 43.7 Å². The van der Waals surface area contributed by atoms with E-state index in [1.54, 1.807) is 24.3 Å². The molecule has 8 nitrogen and oxygen atoms in total. The number of hydrogen-bond acceptors (Lipinski definition) is 6. The van der Waals surface area contributed by atoms with Crippen molar-refractivity contribution >= 4 is 27.7 Å². The molecule has 1 heterocycles. The van der Waals surface area contributed by atoms with Gasteiger partial charge in [0.05, 0.1) is 10.6 Å². The fraction of sp³-hybridized carbons (Fsp3) is 0.286. The second-order valence-electron chi connectivity index (χ2n) is 7.04. The van der Waals surface area contributed by atoms with Crippen molar-refractivity contribution in [2.45, 2.75) is 23.9 Å². The Hall–Kier alpha value is -2.69. The van der Waals surface area contributed by atoms with Crippen molar-refractivity contribution in [3.63, 3.8) is 0 Å². The summed E-state index contributed by atoms with van der Waals surface area (Å²) < 4.78 is 28.2. The molecule has 10 heteroatoms. The van der Waals surface area contributed by atoms with Crippen molar-refractivity contribution < 1.29 is 13.2 Å². The summed E-state index contributed by atoms with van der Waals surface area (Å²) in [6.45, 7) is 4.41. The molecule has 0 fully saturated rings. The summed E-state index contributed by atoms with van der Waals surface area (Å²) in [5.74, 6) is 0.610. The smallest absolute Gasteiger partial charge is 0.242 e. The van der Waals surface area contributed by atoms with Crippen molar-refractivity contribution in [2.75, 3.05) is 26.4 Å². The van der Waals surface area contributed by atoms with E-state index in [1.165, 1.54) is 30.2 Å². The van der Waals surface area contributed by atoms with Gasteiger partial charge in [-0.25, -0.2) is 12.7 Å². The molecule has 1 N–H and O–H groups in total. The number of carbonyl (C=O) groups is 1. The first kappa shape index (κ1) is 23.0. The summed E-state index contributed by atoms with van der Waals surface area (Å²) in [5.41, 5.74) is 2.50. The Labute approximate surface area is 186 Å². The van der Waals surface area contributed by atoms with Crippen LogP contribution in [0.25, 0.3) is 17.1 Å². The molecule has 0 radical (unpaired) electrons. The largest absolute Gasteiger partial charge is 0.356 e. The second-order valence-corrected chi connectivity index (χ2v) is 10.1. The summed E-state index contributed by atoms with van der Waals surface area (Å²) in [7, 11) is -0.608. The number of hydrogen-bond donors (Lipinski definition) is 1. The number of nitrogens with one attached hydrogen (secondary N) is 1. The zero-order chi connectivity index (χ0) is 22.6. The molecule has 1 aromatic heterocycles. The highest BCUT2D eigenvalue weighted by molar-refractivity contribution is 7.99. The van der Waals surface area contributed by atoms with Gasteiger partial charge in [-0.3, -0.25) is 9.36 Å². The van der Waals surface area contributed by atoms with E-state index in [2.05, 4.69) is 15.5 Å².